The Hall–Kier alpha value is -1.06. The number of aliphatic carboxylic acids is 1. The van der Waals surface area contributed by atoms with Crippen molar-refractivity contribution in [2.24, 2.45) is 5.92 Å². The smallest absolute Gasteiger partial charge is 0.303 e. The molecule has 0 spiro atoms. The molecule has 1 amide bonds. The van der Waals surface area contributed by atoms with E-state index in [0.717, 1.165) is 25.8 Å². The number of hydrogen-bond donors (Lipinski definition) is 1. The summed E-state index contributed by atoms with van der Waals surface area (Å²) in [6.07, 6.45) is 3.59. The summed E-state index contributed by atoms with van der Waals surface area (Å²) in [7, 11) is 0. The summed E-state index contributed by atoms with van der Waals surface area (Å²) in [6, 6.07) is 0.334. The van der Waals surface area contributed by atoms with Crippen molar-refractivity contribution < 1.29 is 14.7 Å². The molecule has 1 N–H and O–H groups in total. The lowest BCUT2D eigenvalue weighted by Crippen LogP contribution is -2.40. The molecule has 0 bridgehead atoms. The maximum Gasteiger partial charge on any atom is 0.303 e. The highest BCUT2D eigenvalue weighted by molar-refractivity contribution is 5.79. The van der Waals surface area contributed by atoms with E-state index in [9.17, 15) is 9.59 Å². The zero-order valence-corrected chi connectivity index (χ0v) is 8.11. The Balaban J connectivity index is 1.92. The van der Waals surface area contributed by atoms with Gasteiger partial charge in [-0.3, -0.25) is 9.59 Å². The van der Waals surface area contributed by atoms with Gasteiger partial charge in [0.25, 0.3) is 0 Å². The Morgan fingerprint density at radius 3 is 3.00 bits per heavy atom. The number of amides is 1. The van der Waals surface area contributed by atoms with Gasteiger partial charge in [0, 0.05) is 25.4 Å². The number of carbonyl (C=O) groups excluding carboxylic acids is 1. The molecule has 0 saturated carbocycles. The molecule has 78 valence electrons. The van der Waals surface area contributed by atoms with Gasteiger partial charge in [-0.1, -0.05) is 0 Å². The molecule has 2 rings (SSSR count). The molecule has 0 unspecified atom stereocenters. The van der Waals surface area contributed by atoms with Crippen molar-refractivity contribution >= 4 is 11.9 Å². The van der Waals surface area contributed by atoms with Crippen LogP contribution >= 0.6 is 0 Å². The number of carboxylic acid groups (broad SMARTS) is 1. The third kappa shape index (κ3) is 1.74. The molecule has 2 heterocycles. The topological polar surface area (TPSA) is 57.6 Å². The first-order valence-electron chi connectivity index (χ1n) is 5.18. The van der Waals surface area contributed by atoms with Crippen LogP contribution in [0.5, 0.6) is 0 Å². The number of hydrogen-bond acceptors (Lipinski definition) is 2. The van der Waals surface area contributed by atoms with Crippen LogP contribution in [0.25, 0.3) is 0 Å². The molecule has 4 nitrogen and oxygen atoms in total. The first kappa shape index (κ1) is 9.49. The molecule has 14 heavy (non-hydrogen) atoms. The summed E-state index contributed by atoms with van der Waals surface area (Å²) in [6.45, 7) is 0.765. The predicted octanol–water partition coefficient (Wildman–Crippen LogP) is 0.862. The minimum Gasteiger partial charge on any atom is -0.481 e. The van der Waals surface area contributed by atoms with E-state index in [4.69, 9.17) is 5.11 Å². The summed E-state index contributed by atoms with van der Waals surface area (Å²) in [5.41, 5.74) is 0. The fourth-order valence-corrected chi connectivity index (χ4v) is 2.60. The molecule has 0 aliphatic carbocycles. The molecule has 2 saturated heterocycles. The number of rotatable bonds is 2. The van der Waals surface area contributed by atoms with Crippen LogP contribution in [0.15, 0.2) is 0 Å². The van der Waals surface area contributed by atoms with Gasteiger partial charge in [-0.2, -0.15) is 0 Å². The lowest BCUT2D eigenvalue weighted by Gasteiger charge is -2.34. The SMILES string of the molecule is O=C(O)C[C@H]1CCN2C(=O)CC[C@H]2C1. The summed E-state index contributed by atoms with van der Waals surface area (Å²) in [5.74, 6) is -0.184. The average Bonchev–Trinajstić information content (AvgIpc) is 2.46. The van der Waals surface area contributed by atoms with Crippen molar-refractivity contribution in [1.82, 2.24) is 4.90 Å². The van der Waals surface area contributed by atoms with Gasteiger partial charge in [-0.15, -0.1) is 0 Å². The van der Waals surface area contributed by atoms with Gasteiger partial charge in [0.1, 0.15) is 0 Å². The van der Waals surface area contributed by atoms with Gasteiger partial charge >= 0.3 is 5.97 Å². The van der Waals surface area contributed by atoms with Gasteiger partial charge in [0.2, 0.25) is 5.91 Å². The van der Waals surface area contributed by atoms with E-state index in [2.05, 4.69) is 0 Å². The van der Waals surface area contributed by atoms with Crippen molar-refractivity contribution in [3.8, 4) is 0 Å². The Morgan fingerprint density at radius 2 is 2.29 bits per heavy atom. The van der Waals surface area contributed by atoms with Crippen LogP contribution in [0.2, 0.25) is 0 Å². The Kier molecular flexibility index (Phi) is 2.44. The maximum absolute atomic E-state index is 11.3. The molecule has 2 fully saturated rings. The molecule has 2 atom stereocenters. The molecule has 0 aromatic carbocycles. The van der Waals surface area contributed by atoms with Crippen molar-refractivity contribution in [3.63, 3.8) is 0 Å². The van der Waals surface area contributed by atoms with Gasteiger partial charge in [0.05, 0.1) is 0 Å². The average molecular weight is 197 g/mol. The van der Waals surface area contributed by atoms with Crippen LogP contribution in [0, 0.1) is 5.92 Å². The van der Waals surface area contributed by atoms with Crippen LogP contribution in [-0.4, -0.2) is 34.5 Å². The minimum atomic E-state index is -0.715. The number of carbonyl (C=O) groups is 2. The largest absolute Gasteiger partial charge is 0.481 e. The van der Waals surface area contributed by atoms with E-state index in [1.807, 2.05) is 4.90 Å². The van der Waals surface area contributed by atoms with Gasteiger partial charge in [0.15, 0.2) is 0 Å². The van der Waals surface area contributed by atoms with Gasteiger partial charge < -0.3 is 10.0 Å². The van der Waals surface area contributed by atoms with Crippen LogP contribution in [0.1, 0.15) is 32.1 Å². The van der Waals surface area contributed by atoms with Gasteiger partial charge in [-0.25, -0.2) is 0 Å². The van der Waals surface area contributed by atoms with E-state index in [-0.39, 0.29) is 18.2 Å². The van der Waals surface area contributed by atoms with E-state index in [1.54, 1.807) is 0 Å². The van der Waals surface area contributed by atoms with Crippen molar-refractivity contribution in [2.75, 3.05) is 6.54 Å². The third-order valence-corrected chi connectivity index (χ3v) is 3.30. The van der Waals surface area contributed by atoms with Crippen molar-refractivity contribution in [1.29, 1.82) is 0 Å². The zero-order chi connectivity index (χ0) is 10.1. The monoisotopic (exact) mass is 197 g/mol. The highest BCUT2D eigenvalue weighted by Crippen LogP contribution is 2.32. The standard InChI is InChI=1S/C10H15NO3/c12-9-2-1-8-5-7(6-10(13)14)3-4-11(8)9/h7-8H,1-6H2,(H,13,14)/t7-,8-/m0/s1. The highest BCUT2D eigenvalue weighted by Gasteiger charge is 2.36. The predicted molar refractivity (Wildman–Crippen MR) is 49.7 cm³/mol. The maximum atomic E-state index is 11.3. The van der Waals surface area contributed by atoms with E-state index in [0.29, 0.717) is 12.5 Å². The van der Waals surface area contributed by atoms with E-state index in [1.165, 1.54) is 0 Å². The second-order valence-electron chi connectivity index (χ2n) is 4.27. The van der Waals surface area contributed by atoms with Crippen LogP contribution < -0.4 is 0 Å². The molecule has 4 heteroatoms. The highest BCUT2D eigenvalue weighted by atomic mass is 16.4. The van der Waals surface area contributed by atoms with E-state index >= 15 is 0 Å². The number of nitrogens with zero attached hydrogens (tertiary/aromatic N) is 1. The Morgan fingerprint density at radius 1 is 1.50 bits per heavy atom. The molecule has 0 aromatic rings. The Bertz CT molecular complexity index is 264. The summed E-state index contributed by atoms with van der Waals surface area (Å²) < 4.78 is 0. The number of piperidine rings is 1. The normalized spacial score (nSPS) is 31.7. The zero-order valence-electron chi connectivity index (χ0n) is 8.11. The summed E-state index contributed by atoms with van der Waals surface area (Å²) in [4.78, 5) is 23.8. The second kappa shape index (κ2) is 3.59. The first-order chi connectivity index (χ1) is 6.66. The fourth-order valence-electron chi connectivity index (χ4n) is 2.60. The van der Waals surface area contributed by atoms with Crippen LogP contribution in [0.4, 0.5) is 0 Å². The van der Waals surface area contributed by atoms with Crippen molar-refractivity contribution in [3.05, 3.63) is 0 Å². The van der Waals surface area contributed by atoms with Crippen LogP contribution in [-0.2, 0) is 9.59 Å². The molecule has 2 aliphatic rings. The minimum absolute atomic E-state index is 0.253. The summed E-state index contributed by atoms with van der Waals surface area (Å²) in [5, 5.41) is 8.68. The van der Waals surface area contributed by atoms with Crippen LogP contribution in [0.3, 0.4) is 0 Å². The number of fused-ring (bicyclic) bond motifs is 1. The second-order valence-corrected chi connectivity index (χ2v) is 4.27. The molecular formula is C10H15NO3. The van der Waals surface area contributed by atoms with Gasteiger partial charge in [-0.05, 0) is 25.2 Å². The Labute approximate surface area is 82.9 Å². The molecule has 0 aromatic heterocycles. The molecular weight excluding hydrogens is 182 g/mol. The molecule has 2 aliphatic heterocycles. The third-order valence-electron chi connectivity index (χ3n) is 3.30. The van der Waals surface area contributed by atoms with Crippen molar-refractivity contribution in [2.45, 2.75) is 38.1 Å². The quantitative estimate of drug-likeness (QED) is 0.714. The van der Waals surface area contributed by atoms with E-state index < -0.39 is 5.97 Å². The lowest BCUT2D eigenvalue weighted by molar-refractivity contribution is -0.138. The first-order valence-corrected chi connectivity index (χ1v) is 5.18. The number of carboxylic acids is 1. The fraction of sp³-hybridized carbons (Fsp3) is 0.800. The molecule has 0 radical (unpaired) electrons. The summed E-state index contributed by atoms with van der Waals surface area (Å²) >= 11 is 0. The lowest BCUT2D eigenvalue weighted by atomic mass is 9.89.